The van der Waals surface area contributed by atoms with Gasteiger partial charge in [-0.3, -0.25) is 5.84 Å². The number of hydrogen-bond donors (Lipinski definition) is 1. The van der Waals surface area contributed by atoms with Gasteiger partial charge in [0.05, 0.1) is 0 Å². The quantitative estimate of drug-likeness (QED) is 0.627. The maximum atomic E-state index is 5.97. The number of nitrogens with zero attached hydrogens (tertiary/aromatic N) is 1. The van der Waals surface area contributed by atoms with Crippen molar-refractivity contribution in [3.63, 3.8) is 0 Å². The Morgan fingerprint density at radius 3 is 2.16 bits per heavy atom. The normalized spacial score (nSPS) is 10.9. The maximum Gasteiger partial charge on any atom is 0.0379 e. The SMILES string of the molecule is CCCCN(N)Cc1ccc(-c2ccccc2)cc1. The first-order chi connectivity index (χ1) is 9.29. The fourth-order valence-electron chi connectivity index (χ4n) is 2.11. The summed E-state index contributed by atoms with van der Waals surface area (Å²) in [5.41, 5.74) is 3.77. The van der Waals surface area contributed by atoms with Gasteiger partial charge in [0, 0.05) is 13.1 Å². The van der Waals surface area contributed by atoms with Crippen LogP contribution in [0.15, 0.2) is 54.6 Å². The monoisotopic (exact) mass is 254 g/mol. The summed E-state index contributed by atoms with van der Waals surface area (Å²) in [4.78, 5) is 0. The minimum Gasteiger partial charge on any atom is -0.268 e. The molecule has 2 heteroatoms. The predicted molar refractivity (Wildman–Crippen MR) is 81.4 cm³/mol. The van der Waals surface area contributed by atoms with Gasteiger partial charge in [0.2, 0.25) is 0 Å². The van der Waals surface area contributed by atoms with E-state index in [1.54, 1.807) is 0 Å². The highest BCUT2D eigenvalue weighted by atomic mass is 15.4. The van der Waals surface area contributed by atoms with Gasteiger partial charge in [-0.2, -0.15) is 0 Å². The van der Waals surface area contributed by atoms with E-state index in [-0.39, 0.29) is 0 Å². The lowest BCUT2D eigenvalue weighted by Crippen LogP contribution is -2.31. The van der Waals surface area contributed by atoms with Crippen molar-refractivity contribution >= 4 is 0 Å². The standard InChI is InChI=1S/C17H22N2/c1-2-3-13-19(18)14-15-9-11-17(12-10-15)16-7-5-4-6-8-16/h4-12H,2-3,13-14,18H2,1H3. The van der Waals surface area contributed by atoms with Gasteiger partial charge in [-0.15, -0.1) is 0 Å². The first-order valence-electron chi connectivity index (χ1n) is 6.93. The molecule has 2 nitrogen and oxygen atoms in total. The summed E-state index contributed by atoms with van der Waals surface area (Å²) in [5.74, 6) is 5.97. The van der Waals surface area contributed by atoms with E-state index in [4.69, 9.17) is 5.84 Å². The molecular weight excluding hydrogens is 232 g/mol. The molecule has 0 radical (unpaired) electrons. The van der Waals surface area contributed by atoms with Crippen LogP contribution < -0.4 is 5.84 Å². The van der Waals surface area contributed by atoms with E-state index in [2.05, 4.69) is 55.5 Å². The number of hydrogen-bond acceptors (Lipinski definition) is 2. The number of unbranched alkanes of at least 4 members (excludes halogenated alkanes) is 1. The fourth-order valence-corrected chi connectivity index (χ4v) is 2.11. The summed E-state index contributed by atoms with van der Waals surface area (Å²) in [6.07, 6.45) is 2.33. The molecule has 0 aliphatic carbocycles. The van der Waals surface area contributed by atoms with Crippen molar-refractivity contribution in [2.45, 2.75) is 26.3 Å². The Labute approximate surface area is 115 Å². The first-order valence-corrected chi connectivity index (χ1v) is 6.93. The number of nitrogens with two attached hydrogens (primary N) is 1. The van der Waals surface area contributed by atoms with E-state index < -0.39 is 0 Å². The lowest BCUT2D eigenvalue weighted by molar-refractivity contribution is 0.270. The van der Waals surface area contributed by atoms with E-state index in [0.29, 0.717) is 0 Å². The average molecular weight is 254 g/mol. The van der Waals surface area contributed by atoms with Crippen molar-refractivity contribution in [1.29, 1.82) is 0 Å². The third-order valence-corrected chi connectivity index (χ3v) is 3.25. The molecule has 0 unspecified atom stereocenters. The second kappa shape index (κ2) is 7.07. The van der Waals surface area contributed by atoms with Gasteiger partial charge in [0.1, 0.15) is 0 Å². The van der Waals surface area contributed by atoms with Gasteiger partial charge in [-0.25, -0.2) is 5.01 Å². The highest BCUT2D eigenvalue weighted by Gasteiger charge is 2.01. The van der Waals surface area contributed by atoms with Gasteiger partial charge in [-0.1, -0.05) is 67.9 Å². The smallest absolute Gasteiger partial charge is 0.0379 e. The molecule has 0 saturated carbocycles. The van der Waals surface area contributed by atoms with Crippen LogP contribution in [0.3, 0.4) is 0 Å². The molecule has 0 aliphatic rings. The second-order valence-corrected chi connectivity index (χ2v) is 4.89. The molecule has 0 fully saturated rings. The minimum atomic E-state index is 0.815. The molecule has 2 aromatic rings. The molecule has 0 saturated heterocycles. The highest BCUT2D eigenvalue weighted by molar-refractivity contribution is 5.63. The predicted octanol–water partition coefficient (Wildman–Crippen LogP) is 3.83. The summed E-state index contributed by atoms with van der Waals surface area (Å²) in [7, 11) is 0. The lowest BCUT2D eigenvalue weighted by Gasteiger charge is -2.16. The van der Waals surface area contributed by atoms with Crippen LogP contribution in [0.25, 0.3) is 11.1 Å². The zero-order valence-electron chi connectivity index (χ0n) is 11.5. The molecule has 0 aliphatic heterocycles. The van der Waals surface area contributed by atoms with Gasteiger partial charge < -0.3 is 0 Å². The number of hydrazine groups is 1. The molecule has 0 aromatic heterocycles. The van der Waals surface area contributed by atoms with Crippen LogP contribution in [-0.4, -0.2) is 11.6 Å². The highest BCUT2D eigenvalue weighted by Crippen LogP contribution is 2.19. The topological polar surface area (TPSA) is 29.3 Å². The van der Waals surface area contributed by atoms with Crippen molar-refractivity contribution in [1.82, 2.24) is 5.01 Å². The Balaban J connectivity index is 1.99. The van der Waals surface area contributed by atoms with Crippen LogP contribution in [0.4, 0.5) is 0 Å². The largest absolute Gasteiger partial charge is 0.268 e. The molecule has 19 heavy (non-hydrogen) atoms. The number of rotatable bonds is 6. The van der Waals surface area contributed by atoms with Gasteiger partial charge in [0.15, 0.2) is 0 Å². The van der Waals surface area contributed by atoms with E-state index in [1.165, 1.54) is 23.1 Å². The average Bonchev–Trinajstić information content (AvgIpc) is 2.47. The maximum absolute atomic E-state index is 5.97. The van der Waals surface area contributed by atoms with Crippen molar-refractivity contribution in [2.75, 3.05) is 6.54 Å². The summed E-state index contributed by atoms with van der Waals surface area (Å²) in [6.45, 7) is 3.95. The summed E-state index contributed by atoms with van der Waals surface area (Å²) < 4.78 is 0. The van der Waals surface area contributed by atoms with Crippen molar-refractivity contribution in [3.05, 3.63) is 60.2 Å². The van der Waals surface area contributed by atoms with E-state index in [0.717, 1.165) is 19.5 Å². The van der Waals surface area contributed by atoms with E-state index >= 15 is 0 Å². The summed E-state index contributed by atoms with van der Waals surface area (Å²) in [6, 6.07) is 19.1. The Kier molecular flexibility index (Phi) is 5.13. The van der Waals surface area contributed by atoms with Gasteiger partial charge in [-0.05, 0) is 23.1 Å². The van der Waals surface area contributed by atoms with Crippen LogP contribution >= 0.6 is 0 Å². The molecule has 0 amide bonds. The summed E-state index contributed by atoms with van der Waals surface area (Å²) >= 11 is 0. The van der Waals surface area contributed by atoms with Crippen molar-refractivity contribution in [2.24, 2.45) is 5.84 Å². The van der Waals surface area contributed by atoms with Crippen LogP contribution in [0.5, 0.6) is 0 Å². The molecular formula is C17H22N2. The third kappa shape index (κ3) is 4.19. The van der Waals surface area contributed by atoms with Crippen LogP contribution in [-0.2, 0) is 6.54 Å². The first kappa shape index (κ1) is 13.8. The van der Waals surface area contributed by atoms with E-state index in [9.17, 15) is 0 Å². The van der Waals surface area contributed by atoms with Crippen LogP contribution in [0.2, 0.25) is 0 Å². The van der Waals surface area contributed by atoms with Gasteiger partial charge in [0.25, 0.3) is 0 Å². The Morgan fingerprint density at radius 1 is 0.895 bits per heavy atom. The molecule has 2 rings (SSSR count). The molecule has 100 valence electrons. The zero-order chi connectivity index (χ0) is 13.5. The van der Waals surface area contributed by atoms with Crippen LogP contribution in [0, 0.1) is 0 Å². The molecule has 0 atom stereocenters. The van der Waals surface area contributed by atoms with Crippen molar-refractivity contribution in [3.8, 4) is 11.1 Å². The fraction of sp³-hybridized carbons (Fsp3) is 0.294. The number of benzene rings is 2. The Morgan fingerprint density at radius 2 is 1.53 bits per heavy atom. The molecule has 0 spiro atoms. The van der Waals surface area contributed by atoms with Crippen LogP contribution in [0.1, 0.15) is 25.3 Å². The van der Waals surface area contributed by atoms with Gasteiger partial charge >= 0.3 is 0 Å². The minimum absolute atomic E-state index is 0.815. The molecule has 0 heterocycles. The summed E-state index contributed by atoms with van der Waals surface area (Å²) in [5, 5.41) is 1.89. The third-order valence-electron chi connectivity index (χ3n) is 3.25. The lowest BCUT2D eigenvalue weighted by atomic mass is 10.0. The molecule has 2 N–H and O–H groups in total. The molecule has 0 bridgehead atoms. The zero-order valence-corrected chi connectivity index (χ0v) is 11.5. The Hall–Kier alpha value is -1.64. The molecule has 2 aromatic carbocycles. The second-order valence-electron chi connectivity index (χ2n) is 4.89. The van der Waals surface area contributed by atoms with E-state index in [1.807, 2.05) is 11.1 Å². The Bertz CT molecular complexity index is 476. The van der Waals surface area contributed by atoms with Crippen molar-refractivity contribution < 1.29 is 0 Å².